The number of amides is 4. The fourth-order valence-corrected chi connectivity index (χ4v) is 4.04. The highest BCUT2D eigenvalue weighted by atomic mass is 16.5. The van der Waals surface area contributed by atoms with Crippen molar-refractivity contribution in [1.29, 1.82) is 0 Å². The molecule has 2 aliphatic heterocycles. The Kier molecular flexibility index (Phi) is 5.81. The quantitative estimate of drug-likeness (QED) is 0.687. The van der Waals surface area contributed by atoms with Gasteiger partial charge in [-0.2, -0.15) is 0 Å². The number of nitrogens with one attached hydrogen (secondary N) is 2. The summed E-state index contributed by atoms with van der Waals surface area (Å²) < 4.78 is 5.50. The Morgan fingerprint density at radius 2 is 1.80 bits per heavy atom. The predicted molar refractivity (Wildman–Crippen MR) is 110 cm³/mol. The van der Waals surface area contributed by atoms with Crippen LogP contribution in [-0.2, 0) is 26.3 Å². The molecule has 0 radical (unpaired) electrons. The van der Waals surface area contributed by atoms with Crippen LogP contribution in [0.3, 0.4) is 0 Å². The van der Waals surface area contributed by atoms with Crippen molar-refractivity contribution in [1.82, 2.24) is 15.5 Å². The van der Waals surface area contributed by atoms with Crippen molar-refractivity contribution >= 4 is 17.8 Å². The number of carbonyl (C=O) groups is 3. The largest absolute Gasteiger partial charge is 0.376 e. The minimum atomic E-state index is -1.24. The van der Waals surface area contributed by atoms with Gasteiger partial charge in [-0.05, 0) is 24.0 Å². The Bertz CT molecular complexity index is 913. The van der Waals surface area contributed by atoms with Crippen molar-refractivity contribution in [3.8, 4) is 0 Å². The molecule has 0 spiro atoms. The van der Waals surface area contributed by atoms with E-state index >= 15 is 0 Å². The minimum Gasteiger partial charge on any atom is -0.376 e. The molecule has 0 aromatic heterocycles. The average Bonchev–Trinajstić information content (AvgIpc) is 3.37. The molecular formula is C23H25N3O4. The third-order valence-electron chi connectivity index (χ3n) is 5.61. The number of benzene rings is 2. The van der Waals surface area contributed by atoms with Gasteiger partial charge in [0.25, 0.3) is 5.91 Å². The molecule has 7 nitrogen and oxygen atoms in total. The van der Waals surface area contributed by atoms with Gasteiger partial charge in [-0.3, -0.25) is 14.5 Å². The van der Waals surface area contributed by atoms with E-state index in [4.69, 9.17) is 4.74 Å². The monoisotopic (exact) mass is 407 g/mol. The molecule has 2 N–H and O–H groups in total. The van der Waals surface area contributed by atoms with Crippen molar-refractivity contribution in [2.45, 2.75) is 30.9 Å². The standard InChI is InChI=1S/C23H25N3O4/c27-20(24-15-19-12-7-13-30-19)16-26-21(28)23(25-22(26)29,18-10-5-2-6-11-18)14-17-8-3-1-4-9-17/h1-6,8-11,19H,7,12-16H2,(H,24,27)(H,25,29)/t19-,23+/m1/s1. The van der Waals surface area contributed by atoms with Crippen molar-refractivity contribution in [2.75, 3.05) is 19.7 Å². The van der Waals surface area contributed by atoms with E-state index in [0.29, 0.717) is 25.1 Å². The molecule has 2 saturated heterocycles. The molecular weight excluding hydrogens is 382 g/mol. The number of urea groups is 1. The Balaban J connectivity index is 1.53. The van der Waals surface area contributed by atoms with Gasteiger partial charge in [-0.1, -0.05) is 60.7 Å². The first-order valence-corrected chi connectivity index (χ1v) is 10.2. The van der Waals surface area contributed by atoms with Crippen molar-refractivity contribution in [3.63, 3.8) is 0 Å². The maximum atomic E-state index is 13.5. The average molecular weight is 407 g/mol. The van der Waals surface area contributed by atoms with E-state index in [9.17, 15) is 14.4 Å². The highest BCUT2D eigenvalue weighted by Gasteiger charge is 2.52. The zero-order chi connectivity index (χ0) is 21.0. The molecule has 2 heterocycles. The molecule has 4 rings (SSSR count). The van der Waals surface area contributed by atoms with Crippen LogP contribution in [0.1, 0.15) is 24.0 Å². The van der Waals surface area contributed by atoms with Gasteiger partial charge in [0.05, 0.1) is 6.10 Å². The fraction of sp³-hybridized carbons (Fsp3) is 0.348. The molecule has 7 heteroatoms. The molecule has 0 unspecified atom stereocenters. The number of ether oxygens (including phenoxy) is 1. The summed E-state index contributed by atoms with van der Waals surface area (Å²) in [6.45, 7) is 0.768. The van der Waals surface area contributed by atoms with E-state index in [0.717, 1.165) is 23.3 Å². The lowest BCUT2D eigenvalue weighted by Crippen LogP contribution is -2.47. The van der Waals surface area contributed by atoms with Crippen LogP contribution in [0.2, 0.25) is 0 Å². The molecule has 2 aliphatic rings. The summed E-state index contributed by atoms with van der Waals surface area (Å²) in [7, 11) is 0. The van der Waals surface area contributed by atoms with E-state index in [1.807, 2.05) is 60.7 Å². The summed E-state index contributed by atoms with van der Waals surface area (Å²) in [5.41, 5.74) is 0.364. The van der Waals surface area contributed by atoms with Gasteiger partial charge >= 0.3 is 6.03 Å². The number of hydrogen-bond donors (Lipinski definition) is 2. The van der Waals surface area contributed by atoms with Crippen molar-refractivity contribution in [2.24, 2.45) is 0 Å². The molecule has 2 aromatic carbocycles. The van der Waals surface area contributed by atoms with E-state index in [1.54, 1.807) is 0 Å². The molecule has 2 fully saturated rings. The summed E-state index contributed by atoms with van der Waals surface area (Å²) in [4.78, 5) is 39.6. The molecule has 0 bridgehead atoms. The SMILES string of the molecule is O=C(CN1C(=O)N[C@@](Cc2ccccc2)(c2ccccc2)C1=O)NC[C@H]1CCCO1. The molecule has 0 saturated carbocycles. The number of rotatable bonds is 7. The highest BCUT2D eigenvalue weighted by molar-refractivity contribution is 6.09. The number of imide groups is 1. The first kappa shape index (κ1) is 20.1. The zero-order valence-electron chi connectivity index (χ0n) is 16.7. The lowest BCUT2D eigenvalue weighted by Gasteiger charge is -2.27. The minimum absolute atomic E-state index is 0.00135. The van der Waals surface area contributed by atoms with Crippen LogP contribution in [0.4, 0.5) is 4.79 Å². The van der Waals surface area contributed by atoms with Crippen LogP contribution in [0.25, 0.3) is 0 Å². The first-order chi connectivity index (χ1) is 14.6. The maximum Gasteiger partial charge on any atom is 0.325 e. The predicted octanol–water partition coefficient (Wildman–Crippen LogP) is 1.97. The molecule has 2 aromatic rings. The molecule has 30 heavy (non-hydrogen) atoms. The van der Waals surface area contributed by atoms with Crippen LogP contribution in [-0.4, -0.2) is 48.5 Å². The fourth-order valence-electron chi connectivity index (χ4n) is 4.04. The Morgan fingerprint density at radius 1 is 1.10 bits per heavy atom. The Labute approximate surface area is 175 Å². The second kappa shape index (κ2) is 8.67. The molecule has 2 atom stereocenters. The number of carbonyl (C=O) groups excluding carboxylic acids is 3. The highest BCUT2D eigenvalue weighted by Crippen LogP contribution is 2.32. The van der Waals surface area contributed by atoms with Crippen LogP contribution < -0.4 is 10.6 Å². The Morgan fingerprint density at radius 3 is 2.47 bits per heavy atom. The van der Waals surface area contributed by atoms with Gasteiger partial charge < -0.3 is 15.4 Å². The lowest BCUT2D eigenvalue weighted by molar-refractivity contribution is -0.135. The van der Waals surface area contributed by atoms with E-state index in [1.165, 1.54) is 0 Å². The number of nitrogens with zero attached hydrogens (tertiary/aromatic N) is 1. The normalized spacial score (nSPS) is 23.5. The third-order valence-corrected chi connectivity index (χ3v) is 5.61. The summed E-state index contributed by atoms with van der Waals surface area (Å²) in [6, 6.07) is 18.1. The smallest absolute Gasteiger partial charge is 0.325 e. The number of hydrogen-bond acceptors (Lipinski definition) is 4. The Hall–Kier alpha value is -3.19. The van der Waals surface area contributed by atoms with Gasteiger partial charge in [0, 0.05) is 19.6 Å². The van der Waals surface area contributed by atoms with Crippen LogP contribution in [0.5, 0.6) is 0 Å². The van der Waals surface area contributed by atoms with Crippen LogP contribution in [0.15, 0.2) is 60.7 Å². The van der Waals surface area contributed by atoms with Gasteiger partial charge in [0.2, 0.25) is 5.91 Å². The van der Waals surface area contributed by atoms with E-state index in [-0.39, 0.29) is 18.6 Å². The molecule has 4 amide bonds. The second-order valence-electron chi connectivity index (χ2n) is 7.69. The lowest BCUT2D eigenvalue weighted by atomic mass is 9.83. The second-order valence-corrected chi connectivity index (χ2v) is 7.69. The summed E-state index contributed by atoms with van der Waals surface area (Å²) in [5.74, 6) is -0.799. The van der Waals surface area contributed by atoms with Gasteiger partial charge in [-0.15, -0.1) is 0 Å². The summed E-state index contributed by atoms with van der Waals surface area (Å²) in [6.07, 6.45) is 2.18. The third kappa shape index (κ3) is 4.07. The zero-order valence-corrected chi connectivity index (χ0v) is 16.7. The van der Waals surface area contributed by atoms with Crippen LogP contribution in [0, 0.1) is 0 Å². The van der Waals surface area contributed by atoms with Gasteiger partial charge in [0.15, 0.2) is 5.54 Å². The molecule has 156 valence electrons. The van der Waals surface area contributed by atoms with E-state index in [2.05, 4.69) is 10.6 Å². The summed E-state index contributed by atoms with van der Waals surface area (Å²) >= 11 is 0. The molecule has 0 aliphatic carbocycles. The van der Waals surface area contributed by atoms with E-state index < -0.39 is 17.5 Å². The topological polar surface area (TPSA) is 87.7 Å². The van der Waals surface area contributed by atoms with Crippen molar-refractivity contribution < 1.29 is 19.1 Å². The van der Waals surface area contributed by atoms with Crippen LogP contribution >= 0.6 is 0 Å². The maximum absolute atomic E-state index is 13.5. The van der Waals surface area contributed by atoms with Gasteiger partial charge in [-0.25, -0.2) is 4.79 Å². The summed E-state index contributed by atoms with van der Waals surface area (Å²) in [5, 5.41) is 5.64. The van der Waals surface area contributed by atoms with Crippen molar-refractivity contribution in [3.05, 3.63) is 71.8 Å². The first-order valence-electron chi connectivity index (χ1n) is 10.2. The van der Waals surface area contributed by atoms with Gasteiger partial charge in [0.1, 0.15) is 6.54 Å².